The third-order valence-corrected chi connectivity index (χ3v) is 7.58. The van der Waals surface area contributed by atoms with E-state index in [2.05, 4.69) is 5.32 Å². The topological polar surface area (TPSA) is 84.9 Å². The Bertz CT molecular complexity index is 1290. The lowest BCUT2D eigenvalue weighted by atomic mass is 10.1. The van der Waals surface area contributed by atoms with Gasteiger partial charge in [0.05, 0.1) is 23.7 Å². The number of amides is 1. The van der Waals surface area contributed by atoms with Gasteiger partial charge in [0.2, 0.25) is 0 Å². The number of nitrogens with one attached hydrogen (secondary N) is 1. The van der Waals surface area contributed by atoms with Gasteiger partial charge in [-0.05, 0) is 68.3 Å². The molecule has 34 heavy (non-hydrogen) atoms. The first-order valence-corrected chi connectivity index (χ1v) is 12.5. The Morgan fingerprint density at radius 1 is 1.03 bits per heavy atom. The molecular formula is C26H28N2O5S. The van der Waals surface area contributed by atoms with Gasteiger partial charge in [0.25, 0.3) is 15.9 Å². The Hall–Kier alpha value is -3.52. The molecule has 0 aromatic heterocycles. The molecule has 0 saturated heterocycles. The van der Waals surface area contributed by atoms with Crippen LogP contribution in [0, 0.1) is 20.8 Å². The number of hydrogen-bond donors (Lipinski definition) is 1. The Morgan fingerprint density at radius 3 is 2.50 bits per heavy atom. The predicted molar refractivity (Wildman–Crippen MR) is 131 cm³/mol. The second-order valence-corrected chi connectivity index (χ2v) is 10.2. The fraction of sp³-hybridized carbons (Fsp3) is 0.269. The summed E-state index contributed by atoms with van der Waals surface area (Å²) in [6, 6.07) is 19.3. The van der Waals surface area contributed by atoms with Gasteiger partial charge in [-0.2, -0.15) is 0 Å². The van der Waals surface area contributed by atoms with E-state index in [1.165, 1.54) is 9.87 Å². The number of carbonyl (C=O) groups is 1. The number of carbonyl (C=O) groups excluding carboxylic acids is 1. The van der Waals surface area contributed by atoms with Crippen LogP contribution in [0.2, 0.25) is 0 Å². The summed E-state index contributed by atoms with van der Waals surface area (Å²) in [4.78, 5) is 13.0. The number of nitrogens with zero attached hydrogens (tertiary/aromatic N) is 1. The summed E-state index contributed by atoms with van der Waals surface area (Å²) in [5.74, 6) is 0.675. The predicted octanol–water partition coefficient (Wildman–Crippen LogP) is 3.76. The molecular weight excluding hydrogens is 452 g/mol. The molecule has 178 valence electrons. The van der Waals surface area contributed by atoms with Crippen LogP contribution in [0.3, 0.4) is 0 Å². The minimum Gasteiger partial charge on any atom is -0.492 e. The molecule has 0 fully saturated rings. The summed E-state index contributed by atoms with van der Waals surface area (Å²) in [5.41, 5.74) is 3.68. The van der Waals surface area contributed by atoms with Gasteiger partial charge in [0, 0.05) is 0 Å². The van der Waals surface area contributed by atoms with Crippen LogP contribution in [0.15, 0.2) is 71.6 Å². The van der Waals surface area contributed by atoms with Crippen LogP contribution in [-0.4, -0.2) is 40.1 Å². The number of ether oxygens (including phenoxy) is 2. The monoisotopic (exact) mass is 480 g/mol. The standard InChI is InChI=1S/C26H28N2O5S/c1-18-8-12-22(13-9-18)34(30,31)28-17-25(33-24-7-5-4-6-23(24)28)26(29)27-14-15-32-21-11-10-19(2)20(3)16-21/h4-13,16,25H,14-15,17H2,1-3H3,(H,27,29)/t25-/m1/s1. The summed E-state index contributed by atoms with van der Waals surface area (Å²) in [7, 11) is -3.88. The van der Waals surface area contributed by atoms with E-state index in [0.717, 1.165) is 16.9 Å². The smallest absolute Gasteiger partial charge is 0.264 e. The highest BCUT2D eigenvalue weighted by atomic mass is 32.2. The number of fused-ring (bicyclic) bond motifs is 1. The summed E-state index contributed by atoms with van der Waals surface area (Å²) < 4.78 is 39.7. The quantitative estimate of drug-likeness (QED) is 0.521. The second kappa shape index (κ2) is 9.77. The van der Waals surface area contributed by atoms with E-state index in [9.17, 15) is 13.2 Å². The third kappa shape index (κ3) is 5.02. The minimum absolute atomic E-state index is 0.128. The van der Waals surface area contributed by atoms with Crippen LogP contribution < -0.4 is 19.1 Å². The fourth-order valence-electron chi connectivity index (χ4n) is 3.66. The number of para-hydroxylation sites is 2. The third-order valence-electron chi connectivity index (χ3n) is 5.78. The Labute approximate surface area is 200 Å². The van der Waals surface area contributed by atoms with Gasteiger partial charge < -0.3 is 14.8 Å². The number of sulfonamides is 1. The van der Waals surface area contributed by atoms with Gasteiger partial charge in [-0.1, -0.05) is 35.9 Å². The van der Waals surface area contributed by atoms with E-state index < -0.39 is 22.0 Å². The van der Waals surface area contributed by atoms with Gasteiger partial charge in [-0.15, -0.1) is 0 Å². The first kappa shape index (κ1) is 23.6. The molecule has 0 unspecified atom stereocenters. The van der Waals surface area contributed by atoms with Gasteiger partial charge in [-0.3, -0.25) is 9.10 Å². The van der Waals surface area contributed by atoms with Crippen molar-refractivity contribution in [3.8, 4) is 11.5 Å². The molecule has 7 nitrogen and oxygen atoms in total. The van der Waals surface area contributed by atoms with Crippen molar-refractivity contribution >= 4 is 21.6 Å². The maximum atomic E-state index is 13.4. The highest BCUT2D eigenvalue weighted by Crippen LogP contribution is 2.36. The number of anilines is 1. The van der Waals surface area contributed by atoms with Crippen molar-refractivity contribution in [1.29, 1.82) is 0 Å². The first-order chi connectivity index (χ1) is 16.3. The lowest BCUT2D eigenvalue weighted by Crippen LogP contribution is -2.51. The van der Waals surface area contributed by atoms with E-state index in [-0.39, 0.29) is 24.6 Å². The maximum Gasteiger partial charge on any atom is 0.264 e. The molecule has 3 aromatic carbocycles. The molecule has 0 aliphatic carbocycles. The van der Waals surface area contributed by atoms with Crippen molar-refractivity contribution in [2.45, 2.75) is 31.8 Å². The molecule has 1 aliphatic rings. The zero-order chi connectivity index (χ0) is 24.3. The van der Waals surface area contributed by atoms with E-state index >= 15 is 0 Å². The number of hydrogen-bond acceptors (Lipinski definition) is 5. The van der Waals surface area contributed by atoms with Crippen molar-refractivity contribution in [3.63, 3.8) is 0 Å². The minimum atomic E-state index is -3.88. The molecule has 1 amide bonds. The molecule has 1 atom stereocenters. The molecule has 0 radical (unpaired) electrons. The van der Waals surface area contributed by atoms with Crippen molar-refractivity contribution < 1.29 is 22.7 Å². The molecule has 4 rings (SSSR count). The Morgan fingerprint density at radius 2 is 1.76 bits per heavy atom. The normalized spacial score (nSPS) is 15.3. The molecule has 3 aromatic rings. The van der Waals surface area contributed by atoms with E-state index in [0.29, 0.717) is 11.4 Å². The maximum absolute atomic E-state index is 13.4. The van der Waals surface area contributed by atoms with Crippen molar-refractivity contribution in [1.82, 2.24) is 5.32 Å². The summed E-state index contributed by atoms with van der Waals surface area (Å²) in [6.07, 6.45) is -0.989. The zero-order valence-corrected chi connectivity index (χ0v) is 20.3. The highest BCUT2D eigenvalue weighted by Gasteiger charge is 2.37. The molecule has 1 heterocycles. The molecule has 0 bridgehead atoms. The van der Waals surface area contributed by atoms with Crippen molar-refractivity contribution in [2.24, 2.45) is 0 Å². The second-order valence-electron chi connectivity index (χ2n) is 8.31. The van der Waals surface area contributed by atoms with E-state index in [4.69, 9.17) is 9.47 Å². The van der Waals surface area contributed by atoms with Crippen LogP contribution in [-0.2, 0) is 14.8 Å². The number of benzene rings is 3. The molecule has 8 heteroatoms. The van der Waals surface area contributed by atoms with Gasteiger partial charge >= 0.3 is 0 Å². The number of rotatable bonds is 7. The van der Waals surface area contributed by atoms with Crippen LogP contribution in [0.5, 0.6) is 11.5 Å². The lowest BCUT2D eigenvalue weighted by molar-refractivity contribution is -0.127. The Kier molecular flexibility index (Phi) is 6.79. The van der Waals surface area contributed by atoms with Gasteiger partial charge in [0.15, 0.2) is 6.10 Å². The highest BCUT2D eigenvalue weighted by molar-refractivity contribution is 7.92. The lowest BCUT2D eigenvalue weighted by Gasteiger charge is -2.34. The van der Waals surface area contributed by atoms with E-state index in [1.807, 2.05) is 39.0 Å². The van der Waals surface area contributed by atoms with Gasteiger partial charge in [-0.25, -0.2) is 8.42 Å². The van der Waals surface area contributed by atoms with Crippen LogP contribution in [0.25, 0.3) is 0 Å². The van der Waals surface area contributed by atoms with E-state index in [1.54, 1.807) is 48.5 Å². The summed E-state index contributed by atoms with van der Waals surface area (Å²) >= 11 is 0. The largest absolute Gasteiger partial charge is 0.492 e. The molecule has 1 aliphatic heterocycles. The van der Waals surface area contributed by atoms with Crippen LogP contribution in [0.4, 0.5) is 5.69 Å². The Balaban J connectivity index is 1.45. The summed E-state index contributed by atoms with van der Waals surface area (Å²) in [6.45, 7) is 6.35. The molecule has 1 N–H and O–H groups in total. The van der Waals surface area contributed by atoms with Crippen molar-refractivity contribution in [2.75, 3.05) is 24.0 Å². The average Bonchev–Trinajstić information content (AvgIpc) is 2.83. The van der Waals surface area contributed by atoms with Gasteiger partial charge in [0.1, 0.15) is 18.1 Å². The van der Waals surface area contributed by atoms with Crippen LogP contribution in [0.1, 0.15) is 16.7 Å². The van der Waals surface area contributed by atoms with Crippen molar-refractivity contribution in [3.05, 3.63) is 83.4 Å². The fourth-order valence-corrected chi connectivity index (χ4v) is 5.14. The first-order valence-electron chi connectivity index (χ1n) is 11.1. The molecule has 0 saturated carbocycles. The molecule has 0 spiro atoms. The zero-order valence-electron chi connectivity index (χ0n) is 19.4. The summed E-state index contributed by atoms with van der Waals surface area (Å²) in [5, 5.41) is 2.79. The van der Waals surface area contributed by atoms with Crippen LogP contribution >= 0.6 is 0 Å². The number of aryl methyl sites for hydroxylation is 3. The SMILES string of the molecule is Cc1ccc(S(=O)(=O)N2C[C@H](C(=O)NCCOc3ccc(C)c(C)c3)Oc3ccccc32)cc1. The average molecular weight is 481 g/mol.